The van der Waals surface area contributed by atoms with Crippen molar-refractivity contribution in [3.63, 3.8) is 0 Å². The Morgan fingerprint density at radius 3 is 1.97 bits per heavy atom. The number of hydrogen-bond donors (Lipinski definition) is 0. The fourth-order valence-corrected chi connectivity index (χ4v) is 5.03. The third-order valence-corrected chi connectivity index (χ3v) is 6.47. The van der Waals surface area contributed by atoms with Crippen LogP contribution in [0.3, 0.4) is 0 Å². The van der Waals surface area contributed by atoms with Crippen LogP contribution in [0.25, 0.3) is 11.1 Å². The Hall–Kier alpha value is -3.05. The first-order chi connectivity index (χ1) is 14.7. The minimum absolute atomic E-state index is 0.00651. The first kappa shape index (κ1) is 20.2. The zero-order chi connectivity index (χ0) is 21.0. The lowest BCUT2D eigenvalue weighted by atomic mass is 9.81. The molecule has 1 aliphatic carbocycles. The van der Waals surface area contributed by atoms with Crippen LogP contribution >= 0.6 is 11.8 Å². The third-order valence-electron chi connectivity index (χ3n) is 5.33. The monoisotopic (exact) mass is 418 g/mol. The Kier molecular flexibility index (Phi) is 5.91. The van der Waals surface area contributed by atoms with Crippen molar-refractivity contribution < 1.29 is 19.1 Å². The fourth-order valence-electron chi connectivity index (χ4n) is 3.96. The molecule has 0 saturated carbocycles. The highest BCUT2D eigenvalue weighted by Crippen LogP contribution is 2.50. The molecule has 5 heteroatoms. The number of rotatable bonds is 6. The van der Waals surface area contributed by atoms with Crippen molar-refractivity contribution in [3.05, 3.63) is 95.6 Å². The van der Waals surface area contributed by atoms with Crippen molar-refractivity contribution >= 4 is 23.0 Å². The molecule has 0 heterocycles. The van der Waals surface area contributed by atoms with Crippen LogP contribution in [0.5, 0.6) is 0 Å². The van der Waals surface area contributed by atoms with Crippen molar-refractivity contribution in [2.24, 2.45) is 0 Å². The topological polar surface area (TPSA) is 52.6 Å². The zero-order valence-corrected chi connectivity index (χ0v) is 17.5. The van der Waals surface area contributed by atoms with Gasteiger partial charge in [-0.3, -0.25) is 4.79 Å². The van der Waals surface area contributed by atoms with Crippen molar-refractivity contribution in [3.8, 4) is 11.1 Å². The highest BCUT2D eigenvalue weighted by Gasteiger charge is 2.44. The Bertz CT molecular complexity index is 1020. The molecule has 30 heavy (non-hydrogen) atoms. The van der Waals surface area contributed by atoms with Crippen LogP contribution in [0, 0.1) is 0 Å². The van der Waals surface area contributed by atoms with Crippen LogP contribution < -0.4 is 0 Å². The van der Waals surface area contributed by atoms with E-state index >= 15 is 0 Å². The van der Waals surface area contributed by atoms with E-state index in [1.807, 2.05) is 54.6 Å². The average Bonchev–Trinajstić information content (AvgIpc) is 3.07. The second kappa shape index (κ2) is 8.76. The van der Waals surface area contributed by atoms with Crippen LogP contribution in [-0.2, 0) is 14.9 Å². The number of hydrogen-bond acceptors (Lipinski definition) is 5. The molecule has 1 aliphatic rings. The summed E-state index contributed by atoms with van der Waals surface area (Å²) in [6.45, 7) is 2.10. The molecule has 0 atom stereocenters. The number of benzene rings is 3. The third kappa shape index (κ3) is 3.73. The summed E-state index contributed by atoms with van der Waals surface area (Å²) in [4.78, 5) is 24.8. The second-order valence-corrected chi connectivity index (χ2v) is 8.04. The van der Waals surface area contributed by atoms with Crippen molar-refractivity contribution in [1.29, 1.82) is 0 Å². The van der Waals surface area contributed by atoms with Gasteiger partial charge in [-0.25, -0.2) is 4.79 Å². The Labute approximate surface area is 180 Å². The van der Waals surface area contributed by atoms with Crippen LogP contribution in [-0.4, -0.2) is 30.2 Å². The molecule has 4 nitrogen and oxygen atoms in total. The molecule has 0 spiro atoms. The summed E-state index contributed by atoms with van der Waals surface area (Å²) in [5.41, 5.74) is 4.35. The lowest BCUT2D eigenvalue weighted by Crippen LogP contribution is -2.35. The van der Waals surface area contributed by atoms with Gasteiger partial charge in [0.05, 0.1) is 12.0 Å². The van der Waals surface area contributed by atoms with Crippen LogP contribution in [0.1, 0.15) is 28.4 Å². The van der Waals surface area contributed by atoms with Gasteiger partial charge in [-0.15, -0.1) is 0 Å². The van der Waals surface area contributed by atoms with Gasteiger partial charge in [0.2, 0.25) is 5.12 Å². The number of carbonyl (C=O) groups excluding carboxylic acids is 2. The summed E-state index contributed by atoms with van der Waals surface area (Å²) in [6.07, 6.45) is -0.696. The average molecular weight is 419 g/mol. The van der Waals surface area contributed by atoms with Crippen molar-refractivity contribution in [2.45, 2.75) is 12.3 Å². The van der Waals surface area contributed by atoms with E-state index in [1.54, 1.807) is 6.92 Å². The molecule has 0 aromatic heterocycles. The van der Waals surface area contributed by atoms with Crippen molar-refractivity contribution in [1.82, 2.24) is 0 Å². The zero-order valence-electron chi connectivity index (χ0n) is 16.7. The maximum Gasteiger partial charge on any atom is 0.508 e. The fraction of sp³-hybridized carbons (Fsp3) is 0.200. The first-order valence-electron chi connectivity index (χ1n) is 9.87. The van der Waals surface area contributed by atoms with E-state index in [0.29, 0.717) is 11.3 Å². The van der Waals surface area contributed by atoms with E-state index in [4.69, 9.17) is 9.47 Å². The predicted molar refractivity (Wildman–Crippen MR) is 119 cm³/mol. The summed E-state index contributed by atoms with van der Waals surface area (Å²) in [6, 6.07) is 25.4. The molecule has 0 fully saturated rings. The van der Waals surface area contributed by atoms with Gasteiger partial charge >= 0.3 is 6.16 Å². The van der Waals surface area contributed by atoms with Gasteiger partial charge in [-0.05, 0) is 29.2 Å². The summed E-state index contributed by atoms with van der Waals surface area (Å²) >= 11 is 1.25. The molecule has 0 saturated heterocycles. The summed E-state index contributed by atoms with van der Waals surface area (Å²) < 4.78 is 10.5. The summed E-state index contributed by atoms with van der Waals surface area (Å²) in [5.74, 6) is 0.453. The lowest BCUT2D eigenvalue weighted by Gasteiger charge is -2.30. The van der Waals surface area contributed by atoms with E-state index in [0.717, 1.165) is 22.3 Å². The molecule has 0 aliphatic heterocycles. The van der Waals surface area contributed by atoms with Gasteiger partial charge in [0.1, 0.15) is 6.61 Å². The van der Waals surface area contributed by atoms with Gasteiger partial charge in [-0.2, -0.15) is 0 Å². The highest BCUT2D eigenvalue weighted by molar-refractivity contribution is 8.14. The minimum Gasteiger partial charge on any atom is -0.435 e. The van der Waals surface area contributed by atoms with Gasteiger partial charge in [0.15, 0.2) is 0 Å². The van der Waals surface area contributed by atoms with E-state index < -0.39 is 11.6 Å². The molecule has 0 radical (unpaired) electrons. The normalized spacial score (nSPS) is 13.2. The van der Waals surface area contributed by atoms with E-state index in [9.17, 15) is 9.59 Å². The quantitative estimate of drug-likeness (QED) is 0.481. The molecule has 0 N–H and O–H groups in total. The molecule has 3 aromatic rings. The molecule has 3 aromatic carbocycles. The molecule has 0 unspecified atom stereocenters. The smallest absolute Gasteiger partial charge is 0.435 e. The Balaban J connectivity index is 1.71. The van der Waals surface area contributed by atoms with E-state index in [1.165, 1.54) is 11.8 Å². The number of fused-ring (bicyclic) bond motifs is 3. The number of thioether (sulfide) groups is 1. The Morgan fingerprint density at radius 1 is 0.800 bits per heavy atom. The van der Waals surface area contributed by atoms with Gasteiger partial charge in [0, 0.05) is 11.3 Å². The molecular formula is C25H22O4S. The molecule has 0 bridgehead atoms. The Morgan fingerprint density at radius 2 is 1.37 bits per heavy atom. The van der Waals surface area contributed by atoms with E-state index in [2.05, 4.69) is 24.3 Å². The number of ether oxygens (including phenoxy) is 2. The largest absolute Gasteiger partial charge is 0.508 e. The van der Waals surface area contributed by atoms with Crippen molar-refractivity contribution in [2.75, 3.05) is 19.0 Å². The van der Waals surface area contributed by atoms with Gasteiger partial charge < -0.3 is 9.47 Å². The molecule has 0 amide bonds. The molecule has 4 rings (SSSR count). The highest BCUT2D eigenvalue weighted by atomic mass is 32.2. The minimum atomic E-state index is -0.696. The maximum absolute atomic E-state index is 12.8. The van der Waals surface area contributed by atoms with Crippen LogP contribution in [0.4, 0.5) is 4.79 Å². The van der Waals surface area contributed by atoms with Gasteiger partial charge in [-0.1, -0.05) is 90.6 Å². The van der Waals surface area contributed by atoms with E-state index in [-0.39, 0.29) is 18.3 Å². The first-order valence-corrected chi connectivity index (χ1v) is 10.9. The van der Waals surface area contributed by atoms with Gasteiger partial charge in [0.25, 0.3) is 0 Å². The maximum atomic E-state index is 12.8. The predicted octanol–water partition coefficient (Wildman–Crippen LogP) is 5.70. The summed E-state index contributed by atoms with van der Waals surface area (Å²) in [5, 5.41) is -0.00651. The second-order valence-electron chi connectivity index (χ2n) is 7.09. The SMILES string of the molecule is CCOC(=O)OCC1(CSC(=O)c2ccccc2)c2ccccc2-c2ccccc21. The van der Waals surface area contributed by atoms with Crippen LogP contribution in [0.15, 0.2) is 78.9 Å². The molecule has 152 valence electrons. The lowest BCUT2D eigenvalue weighted by molar-refractivity contribution is 0.0492. The summed E-state index contributed by atoms with van der Waals surface area (Å²) in [7, 11) is 0. The molecular weight excluding hydrogens is 396 g/mol. The van der Waals surface area contributed by atoms with Crippen LogP contribution in [0.2, 0.25) is 0 Å². The standard InChI is InChI=1S/C25H22O4S/c1-2-28-24(27)29-16-25(17-30-23(26)18-10-4-3-5-11-18)21-14-8-6-12-19(21)20-13-7-9-15-22(20)25/h3-15H,2,16-17H2,1H3. The number of carbonyl (C=O) groups is 2.